The van der Waals surface area contributed by atoms with E-state index in [1.54, 1.807) is 24.3 Å². The SMILES string of the molecule is O=C(NCc1ccccc1F)c1ccc(Br)cc1F. The predicted octanol–water partition coefficient (Wildman–Crippen LogP) is 3.66. The van der Waals surface area contributed by atoms with E-state index in [4.69, 9.17) is 0 Å². The molecule has 0 aliphatic rings. The minimum atomic E-state index is -0.625. The Bertz CT molecular complexity index is 616. The molecule has 2 aromatic rings. The van der Waals surface area contributed by atoms with Gasteiger partial charge in [0, 0.05) is 16.6 Å². The summed E-state index contributed by atoms with van der Waals surface area (Å²) >= 11 is 3.11. The number of halogens is 3. The Morgan fingerprint density at radius 1 is 1.11 bits per heavy atom. The topological polar surface area (TPSA) is 29.1 Å². The van der Waals surface area contributed by atoms with Gasteiger partial charge in [-0.05, 0) is 24.3 Å². The molecule has 0 aromatic heterocycles. The Hall–Kier alpha value is -1.75. The molecule has 0 unspecified atom stereocenters. The van der Waals surface area contributed by atoms with Crippen molar-refractivity contribution in [1.82, 2.24) is 5.32 Å². The number of carbonyl (C=O) groups is 1. The van der Waals surface area contributed by atoms with E-state index in [2.05, 4.69) is 21.2 Å². The summed E-state index contributed by atoms with van der Waals surface area (Å²) in [5, 5.41) is 2.48. The van der Waals surface area contributed by atoms with Gasteiger partial charge in [0.1, 0.15) is 11.6 Å². The fourth-order valence-corrected chi connectivity index (χ4v) is 1.92. The van der Waals surface area contributed by atoms with Gasteiger partial charge in [-0.25, -0.2) is 8.78 Å². The molecule has 1 N–H and O–H groups in total. The van der Waals surface area contributed by atoms with E-state index in [0.717, 1.165) is 0 Å². The first-order chi connectivity index (χ1) is 9.08. The highest BCUT2D eigenvalue weighted by atomic mass is 79.9. The molecule has 19 heavy (non-hydrogen) atoms. The summed E-state index contributed by atoms with van der Waals surface area (Å²) in [5.41, 5.74) is 0.285. The summed E-state index contributed by atoms with van der Waals surface area (Å²) in [6.07, 6.45) is 0. The highest BCUT2D eigenvalue weighted by molar-refractivity contribution is 9.10. The Labute approximate surface area is 117 Å². The van der Waals surface area contributed by atoms with Gasteiger partial charge in [0.05, 0.1) is 5.56 Å². The summed E-state index contributed by atoms with van der Waals surface area (Å²) in [5.74, 6) is -1.60. The monoisotopic (exact) mass is 325 g/mol. The maximum Gasteiger partial charge on any atom is 0.254 e. The second kappa shape index (κ2) is 5.93. The van der Waals surface area contributed by atoms with Crippen molar-refractivity contribution in [2.45, 2.75) is 6.54 Å². The molecule has 0 fully saturated rings. The van der Waals surface area contributed by atoms with Crippen LogP contribution in [-0.2, 0) is 6.54 Å². The molecule has 0 heterocycles. The van der Waals surface area contributed by atoms with Crippen molar-refractivity contribution in [2.75, 3.05) is 0 Å². The second-order valence-electron chi connectivity index (χ2n) is 3.90. The van der Waals surface area contributed by atoms with Crippen molar-refractivity contribution < 1.29 is 13.6 Å². The lowest BCUT2D eigenvalue weighted by Gasteiger charge is -2.07. The van der Waals surface area contributed by atoms with Crippen molar-refractivity contribution in [2.24, 2.45) is 0 Å². The van der Waals surface area contributed by atoms with Crippen LogP contribution in [0.5, 0.6) is 0 Å². The zero-order valence-corrected chi connectivity index (χ0v) is 11.4. The Morgan fingerprint density at radius 3 is 2.53 bits per heavy atom. The number of hydrogen-bond donors (Lipinski definition) is 1. The quantitative estimate of drug-likeness (QED) is 0.916. The average molecular weight is 326 g/mol. The van der Waals surface area contributed by atoms with E-state index in [1.165, 1.54) is 18.2 Å². The zero-order valence-electron chi connectivity index (χ0n) is 9.79. The average Bonchev–Trinajstić information content (AvgIpc) is 2.37. The first-order valence-electron chi connectivity index (χ1n) is 5.54. The smallest absolute Gasteiger partial charge is 0.254 e. The Balaban J connectivity index is 2.08. The largest absolute Gasteiger partial charge is 0.348 e. The molecule has 0 aliphatic heterocycles. The van der Waals surface area contributed by atoms with E-state index in [9.17, 15) is 13.6 Å². The molecule has 2 aromatic carbocycles. The number of carbonyl (C=O) groups excluding carboxylic acids is 1. The standard InChI is InChI=1S/C14H10BrF2NO/c15-10-5-6-11(13(17)7-10)14(19)18-8-9-3-1-2-4-12(9)16/h1-7H,8H2,(H,18,19). The maximum atomic E-state index is 13.5. The van der Waals surface area contributed by atoms with Crippen LogP contribution in [0.4, 0.5) is 8.78 Å². The lowest BCUT2D eigenvalue weighted by molar-refractivity contribution is 0.0946. The van der Waals surface area contributed by atoms with Crippen LogP contribution in [0.25, 0.3) is 0 Å². The number of nitrogens with one attached hydrogen (secondary N) is 1. The number of rotatable bonds is 3. The van der Waals surface area contributed by atoms with Gasteiger partial charge in [-0.15, -0.1) is 0 Å². The van der Waals surface area contributed by atoms with Gasteiger partial charge in [0.2, 0.25) is 0 Å². The maximum absolute atomic E-state index is 13.5. The lowest BCUT2D eigenvalue weighted by atomic mass is 10.1. The minimum absolute atomic E-state index is 0.0149. The van der Waals surface area contributed by atoms with E-state index < -0.39 is 17.5 Å². The fraction of sp³-hybridized carbons (Fsp3) is 0.0714. The fourth-order valence-electron chi connectivity index (χ4n) is 1.59. The van der Waals surface area contributed by atoms with Gasteiger partial charge in [0.25, 0.3) is 5.91 Å². The van der Waals surface area contributed by atoms with Crippen LogP contribution >= 0.6 is 15.9 Å². The third-order valence-electron chi connectivity index (χ3n) is 2.57. The highest BCUT2D eigenvalue weighted by Crippen LogP contribution is 2.15. The summed E-state index contributed by atoms with van der Waals surface area (Å²) in [7, 11) is 0. The molecule has 0 atom stereocenters. The second-order valence-corrected chi connectivity index (χ2v) is 4.81. The molecule has 0 saturated heterocycles. The summed E-state index contributed by atoms with van der Waals surface area (Å²) < 4.78 is 27.4. The van der Waals surface area contributed by atoms with Gasteiger partial charge >= 0.3 is 0 Å². The molecule has 2 rings (SSSR count). The number of amides is 1. The molecular formula is C14H10BrF2NO. The van der Waals surface area contributed by atoms with Crippen molar-refractivity contribution in [3.8, 4) is 0 Å². The molecule has 0 aliphatic carbocycles. The summed E-state index contributed by atoms with van der Waals surface area (Å²) in [6.45, 7) is 0.0149. The van der Waals surface area contributed by atoms with E-state index in [-0.39, 0.29) is 12.1 Å². The van der Waals surface area contributed by atoms with E-state index >= 15 is 0 Å². The van der Waals surface area contributed by atoms with Crippen molar-refractivity contribution >= 4 is 21.8 Å². The minimum Gasteiger partial charge on any atom is -0.348 e. The number of hydrogen-bond acceptors (Lipinski definition) is 1. The van der Waals surface area contributed by atoms with Gasteiger partial charge in [-0.2, -0.15) is 0 Å². The molecule has 5 heteroatoms. The Morgan fingerprint density at radius 2 is 1.84 bits per heavy atom. The molecule has 0 bridgehead atoms. The van der Waals surface area contributed by atoms with Crippen LogP contribution in [0.3, 0.4) is 0 Å². The predicted molar refractivity (Wildman–Crippen MR) is 71.7 cm³/mol. The van der Waals surface area contributed by atoms with E-state index in [0.29, 0.717) is 10.0 Å². The van der Waals surface area contributed by atoms with Gasteiger partial charge < -0.3 is 5.32 Å². The van der Waals surface area contributed by atoms with E-state index in [1.807, 2.05) is 0 Å². The highest BCUT2D eigenvalue weighted by Gasteiger charge is 2.12. The lowest BCUT2D eigenvalue weighted by Crippen LogP contribution is -2.24. The first-order valence-corrected chi connectivity index (χ1v) is 6.34. The van der Waals surface area contributed by atoms with Crippen molar-refractivity contribution in [3.05, 3.63) is 69.7 Å². The molecule has 0 saturated carbocycles. The number of benzene rings is 2. The van der Waals surface area contributed by atoms with Crippen LogP contribution in [-0.4, -0.2) is 5.91 Å². The van der Waals surface area contributed by atoms with Crippen LogP contribution in [0.15, 0.2) is 46.9 Å². The first kappa shape index (κ1) is 13.7. The third-order valence-corrected chi connectivity index (χ3v) is 3.07. The van der Waals surface area contributed by atoms with Crippen molar-refractivity contribution in [3.63, 3.8) is 0 Å². The molecule has 98 valence electrons. The van der Waals surface area contributed by atoms with Gasteiger partial charge in [0.15, 0.2) is 0 Å². The molecule has 0 radical (unpaired) electrons. The van der Waals surface area contributed by atoms with Crippen LogP contribution in [0, 0.1) is 11.6 Å². The summed E-state index contributed by atoms with van der Waals surface area (Å²) in [6, 6.07) is 10.3. The molecular weight excluding hydrogens is 316 g/mol. The molecule has 0 spiro atoms. The van der Waals surface area contributed by atoms with Gasteiger partial charge in [-0.3, -0.25) is 4.79 Å². The Kier molecular flexibility index (Phi) is 4.27. The van der Waals surface area contributed by atoms with Crippen LogP contribution in [0.2, 0.25) is 0 Å². The molecule has 2 nitrogen and oxygen atoms in total. The van der Waals surface area contributed by atoms with Crippen molar-refractivity contribution in [1.29, 1.82) is 0 Å². The normalized spacial score (nSPS) is 10.3. The van der Waals surface area contributed by atoms with Gasteiger partial charge in [-0.1, -0.05) is 34.1 Å². The summed E-state index contributed by atoms with van der Waals surface area (Å²) in [4.78, 5) is 11.8. The van der Waals surface area contributed by atoms with Crippen LogP contribution in [0.1, 0.15) is 15.9 Å². The molecule has 1 amide bonds. The third kappa shape index (κ3) is 3.38. The van der Waals surface area contributed by atoms with Crippen LogP contribution < -0.4 is 5.32 Å². The zero-order chi connectivity index (χ0) is 13.8.